The van der Waals surface area contributed by atoms with Crippen molar-refractivity contribution in [3.05, 3.63) is 42.5 Å². The number of aryl methyl sites for hydroxylation is 2. The van der Waals surface area contributed by atoms with Crippen molar-refractivity contribution in [3.63, 3.8) is 0 Å². The minimum absolute atomic E-state index is 0.00297. The summed E-state index contributed by atoms with van der Waals surface area (Å²) in [6.45, 7) is 3.58. The number of nitrogens with zero attached hydrogens (tertiary/aromatic N) is 2. The number of amides is 1. The molecule has 0 aliphatic carbocycles. The first kappa shape index (κ1) is 15.4. The number of benzene rings is 1. The van der Waals surface area contributed by atoms with Crippen LogP contribution in [0.5, 0.6) is 11.5 Å². The van der Waals surface area contributed by atoms with Crippen molar-refractivity contribution < 1.29 is 14.3 Å². The molecular formula is C17H21N3O3. The van der Waals surface area contributed by atoms with Crippen LogP contribution >= 0.6 is 0 Å². The van der Waals surface area contributed by atoms with E-state index in [-0.39, 0.29) is 12.0 Å². The lowest BCUT2D eigenvalue weighted by molar-refractivity contribution is -0.121. The van der Waals surface area contributed by atoms with Crippen LogP contribution in [0.3, 0.4) is 0 Å². The number of hydrogen-bond acceptors (Lipinski definition) is 4. The Labute approximate surface area is 135 Å². The topological polar surface area (TPSA) is 65.4 Å². The molecule has 1 atom stereocenters. The summed E-state index contributed by atoms with van der Waals surface area (Å²) in [7, 11) is 0. The predicted octanol–water partition coefficient (Wildman–Crippen LogP) is 1.79. The van der Waals surface area contributed by atoms with Gasteiger partial charge in [0, 0.05) is 31.8 Å². The maximum absolute atomic E-state index is 12.0. The molecule has 2 heterocycles. The molecule has 1 aliphatic heterocycles. The molecule has 0 saturated heterocycles. The SMILES string of the molecule is CCc1nccn1CCC(=O)NC[C@H]1COc2ccccc2O1. The molecule has 1 N–H and O–H groups in total. The Kier molecular flexibility index (Phi) is 4.80. The third-order valence-corrected chi connectivity index (χ3v) is 3.79. The molecule has 0 saturated carbocycles. The van der Waals surface area contributed by atoms with E-state index in [0.29, 0.717) is 26.1 Å². The van der Waals surface area contributed by atoms with Crippen LogP contribution in [-0.2, 0) is 17.8 Å². The first-order valence-corrected chi connectivity index (χ1v) is 7.91. The lowest BCUT2D eigenvalue weighted by Gasteiger charge is -2.26. The number of ether oxygens (including phenoxy) is 2. The van der Waals surface area contributed by atoms with E-state index in [0.717, 1.165) is 23.7 Å². The van der Waals surface area contributed by atoms with Gasteiger partial charge in [-0.15, -0.1) is 0 Å². The molecule has 1 aromatic heterocycles. The zero-order valence-electron chi connectivity index (χ0n) is 13.2. The second kappa shape index (κ2) is 7.17. The van der Waals surface area contributed by atoms with E-state index in [1.807, 2.05) is 35.0 Å². The summed E-state index contributed by atoms with van der Waals surface area (Å²) < 4.78 is 13.5. The largest absolute Gasteiger partial charge is 0.486 e. The van der Waals surface area contributed by atoms with E-state index >= 15 is 0 Å². The van der Waals surface area contributed by atoms with Gasteiger partial charge in [-0.25, -0.2) is 4.98 Å². The average molecular weight is 315 g/mol. The smallest absolute Gasteiger partial charge is 0.221 e. The Hall–Kier alpha value is -2.50. The molecule has 6 heteroatoms. The Morgan fingerprint density at radius 2 is 2.22 bits per heavy atom. The summed E-state index contributed by atoms with van der Waals surface area (Å²) >= 11 is 0. The van der Waals surface area contributed by atoms with E-state index in [1.165, 1.54) is 0 Å². The van der Waals surface area contributed by atoms with Crippen LogP contribution in [0.4, 0.5) is 0 Å². The van der Waals surface area contributed by atoms with Gasteiger partial charge in [-0.05, 0) is 12.1 Å². The van der Waals surface area contributed by atoms with Crippen LogP contribution in [0.2, 0.25) is 0 Å². The summed E-state index contributed by atoms with van der Waals surface area (Å²) in [4.78, 5) is 16.2. The highest BCUT2D eigenvalue weighted by Gasteiger charge is 2.20. The fraction of sp³-hybridized carbons (Fsp3) is 0.412. The number of fused-ring (bicyclic) bond motifs is 1. The summed E-state index contributed by atoms with van der Waals surface area (Å²) in [6, 6.07) is 7.56. The number of nitrogens with one attached hydrogen (secondary N) is 1. The molecule has 1 aromatic carbocycles. The Bertz CT molecular complexity index is 669. The minimum Gasteiger partial charge on any atom is -0.486 e. The Balaban J connectivity index is 1.43. The van der Waals surface area contributed by atoms with Crippen molar-refractivity contribution in [2.75, 3.05) is 13.2 Å². The number of imidazole rings is 1. The number of hydrogen-bond donors (Lipinski definition) is 1. The lowest BCUT2D eigenvalue weighted by Crippen LogP contribution is -2.40. The van der Waals surface area contributed by atoms with E-state index in [1.54, 1.807) is 6.20 Å². The van der Waals surface area contributed by atoms with Gasteiger partial charge in [0.25, 0.3) is 0 Å². The van der Waals surface area contributed by atoms with Crippen molar-refractivity contribution in [1.82, 2.24) is 14.9 Å². The Morgan fingerprint density at radius 1 is 1.39 bits per heavy atom. The average Bonchev–Trinajstić information content (AvgIpc) is 3.05. The maximum atomic E-state index is 12.0. The van der Waals surface area contributed by atoms with Crippen LogP contribution in [0.25, 0.3) is 0 Å². The molecule has 122 valence electrons. The van der Waals surface area contributed by atoms with E-state index in [9.17, 15) is 4.79 Å². The number of rotatable bonds is 6. The number of carbonyl (C=O) groups is 1. The highest BCUT2D eigenvalue weighted by molar-refractivity contribution is 5.75. The molecular weight excluding hydrogens is 294 g/mol. The van der Waals surface area contributed by atoms with Gasteiger partial charge in [0.2, 0.25) is 5.91 Å². The predicted molar refractivity (Wildman–Crippen MR) is 85.6 cm³/mol. The van der Waals surface area contributed by atoms with Crippen LogP contribution in [-0.4, -0.2) is 34.7 Å². The van der Waals surface area contributed by atoms with Crippen molar-refractivity contribution >= 4 is 5.91 Å². The van der Waals surface area contributed by atoms with Crippen molar-refractivity contribution in [1.29, 1.82) is 0 Å². The van der Waals surface area contributed by atoms with Gasteiger partial charge >= 0.3 is 0 Å². The molecule has 0 spiro atoms. The molecule has 2 aromatic rings. The van der Waals surface area contributed by atoms with Gasteiger partial charge in [-0.2, -0.15) is 0 Å². The fourth-order valence-electron chi connectivity index (χ4n) is 2.56. The molecule has 0 unspecified atom stereocenters. The van der Waals surface area contributed by atoms with Crippen molar-refractivity contribution in [3.8, 4) is 11.5 Å². The van der Waals surface area contributed by atoms with Crippen LogP contribution in [0.15, 0.2) is 36.7 Å². The molecule has 0 radical (unpaired) electrons. The van der Waals surface area contributed by atoms with Gasteiger partial charge in [-0.3, -0.25) is 4.79 Å². The van der Waals surface area contributed by atoms with Gasteiger partial charge in [0.05, 0.1) is 6.54 Å². The summed E-state index contributed by atoms with van der Waals surface area (Å²) in [5.41, 5.74) is 0. The van der Waals surface area contributed by atoms with Gasteiger partial charge in [0.1, 0.15) is 18.5 Å². The van der Waals surface area contributed by atoms with Crippen LogP contribution < -0.4 is 14.8 Å². The number of aromatic nitrogens is 2. The Morgan fingerprint density at radius 3 is 3.04 bits per heavy atom. The van der Waals surface area contributed by atoms with Crippen LogP contribution in [0.1, 0.15) is 19.2 Å². The minimum atomic E-state index is -0.159. The standard InChI is InChI=1S/C17H21N3O3/c1-2-16-18-8-10-20(16)9-7-17(21)19-11-13-12-22-14-5-3-4-6-15(14)23-13/h3-6,8,10,13H,2,7,9,11-12H2,1H3,(H,19,21)/t13-/m0/s1. The highest BCUT2D eigenvalue weighted by Crippen LogP contribution is 2.30. The van der Waals surface area contributed by atoms with Gasteiger partial charge in [-0.1, -0.05) is 19.1 Å². The molecule has 3 rings (SSSR count). The quantitative estimate of drug-likeness (QED) is 0.882. The fourth-order valence-corrected chi connectivity index (χ4v) is 2.56. The van der Waals surface area contributed by atoms with E-state index in [4.69, 9.17) is 9.47 Å². The second-order valence-electron chi connectivity index (χ2n) is 5.44. The molecule has 6 nitrogen and oxygen atoms in total. The highest BCUT2D eigenvalue weighted by atomic mass is 16.6. The third kappa shape index (κ3) is 3.83. The zero-order valence-corrected chi connectivity index (χ0v) is 13.2. The third-order valence-electron chi connectivity index (χ3n) is 3.79. The van der Waals surface area contributed by atoms with Gasteiger partial charge in [0.15, 0.2) is 11.5 Å². The first-order valence-electron chi connectivity index (χ1n) is 7.91. The van der Waals surface area contributed by atoms with E-state index in [2.05, 4.69) is 17.2 Å². The second-order valence-corrected chi connectivity index (χ2v) is 5.44. The summed E-state index contributed by atoms with van der Waals surface area (Å²) in [5.74, 6) is 2.48. The van der Waals surface area contributed by atoms with Crippen LogP contribution in [0, 0.1) is 0 Å². The van der Waals surface area contributed by atoms with Crippen molar-refractivity contribution in [2.45, 2.75) is 32.4 Å². The molecule has 0 fully saturated rings. The summed E-state index contributed by atoms with van der Waals surface area (Å²) in [6.07, 6.45) is 4.80. The van der Waals surface area contributed by atoms with Crippen molar-refractivity contribution in [2.24, 2.45) is 0 Å². The monoisotopic (exact) mass is 315 g/mol. The molecule has 0 bridgehead atoms. The first-order chi connectivity index (χ1) is 11.3. The number of carbonyl (C=O) groups excluding carboxylic acids is 1. The lowest BCUT2D eigenvalue weighted by atomic mass is 10.2. The normalized spacial score (nSPS) is 16.1. The molecule has 1 amide bonds. The molecule has 23 heavy (non-hydrogen) atoms. The zero-order chi connectivity index (χ0) is 16.1. The van der Waals surface area contributed by atoms with E-state index < -0.39 is 0 Å². The maximum Gasteiger partial charge on any atom is 0.221 e. The number of para-hydroxylation sites is 2. The summed E-state index contributed by atoms with van der Waals surface area (Å²) in [5, 5.41) is 2.91. The molecule has 1 aliphatic rings. The van der Waals surface area contributed by atoms with Gasteiger partial charge < -0.3 is 19.4 Å².